The van der Waals surface area contributed by atoms with Gasteiger partial charge in [-0.05, 0) is 42.6 Å². The first-order chi connectivity index (χ1) is 14.0. The van der Waals surface area contributed by atoms with E-state index in [2.05, 4.69) is 10.3 Å². The number of aliphatic hydroxyl groups excluding tert-OH is 1. The Morgan fingerprint density at radius 3 is 2.72 bits per heavy atom. The van der Waals surface area contributed by atoms with Gasteiger partial charge in [-0.3, -0.25) is 14.2 Å². The van der Waals surface area contributed by atoms with Crippen molar-refractivity contribution >= 4 is 50.9 Å². The Bertz CT molecular complexity index is 1080. The first-order valence-corrected chi connectivity index (χ1v) is 10.7. The molecule has 8 nitrogen and oxygen atoms in total. The minimum atomic E-state index is -0.419. The van der Waals surface area contributed by atoms with Crippen LogP contribution in [0.5, 0.6) is 0 Å². The summed E-state index contributed by atoms with van der Waals surface area (Å²) in [6, 6.07) is 8.13. The fraction of sp³-hybridized carbons (Fsp3) is 0.263. The van der Waals surface area contributed by atoms with Crippen molar-refractivity contribution in [2.75, 3.05) is 24.3 Å². The van der Waals surface area contributed by atoms with Crippen molar-refractivity contribution in [1.82, 2.24) is 9.55 Å². The van der Waals surface area contributed by atoms with E-state index in [9.17, 15) is 19.5 Å². The third-order valence-electron chi connectivity index (χ3n) is 3.87. The van der Waals surface area contributed by atoms with Crippen LogP contribution in [0.3, 0.4) is 0 Å². The lowest BCUT2D eigenvalue weighted by molar-refractivity contribution is -0.113. The van der Waals surface area contributed by atoms with Gasteiger partial charge in [0.1, 0.15) is 4.70 Å². The zero-order valence-electron chi connectivity index (χ0n) is 15.6. The van der Waals surface area contributed by atoms with Crippen molar-refractivity contribution in [3.8, 4) is 0 Å². The molecule has 10 heteroatoms. The molecule has 152 valence electrons. The number of hydrogen-bond donors (Lipinski definition) is 2. The molecule has 0 atom stereocenters. The Hall–Kier alpha value is -2.69. The molecule has 0 aliphatic rings. The summed E-state index contributed by atoms with van der Waals surface area (Å²) in [5.74, 6) is -0.667. The summed E-state index contributed by atoms with van der Waals surface area (Å²) in [6.07, 6.45) is 0. The van der Waals surface area contributed by atoms with E-state index in [0.29, 0.717) is 33.2 Å². The highest BCUT2D eigenvalue weighted by Crippen LogP contribution is 2.21. The molecule has 0 spiro atoms. The Labute approximate surface area is 174 Å². The van der Waals surface area contributed by atoms with Crippen molar-refractivity contribution in [1.29, 1.82) is 0 Å². The van der Waals surface area contributed by atoms with E-state index >= 15 is 0 Å². The van der Waals surface area contributed by atoms with E-state index in [-0.39, 0.29) is 30.4 Å². The molecular weight excluding hydrogens is 414 g/mol. The fourth-order valence-electron chi connectivity index (χ4n) is 2.56. The highest BCUT2D eigenvalue weighted by Gasteiger charge is 2.14. The van der Waals surface area contributed by atoms with Gasteiger partial charge in [0.2, 0.25) is 5.91 Å². The summed E-state index contributed by atoms with van der Waals surface area (Å²) in [4.78, 5) is 40.9. The number of rotatable bonds is 8. The standard InChI is InChI=1S/C19H19N3O5S2/c1-2-27-18(26)12-3-5-13(6-4-12)20-15(24)11-29-19-21-14-7-10-28-16(14)17(25)22(19)8-9-23/h3-7,10,23H,2,8-9,11H2,1H3,(H,20,24). The van der Waals surface area contributed by atoms with Crippen LogP contribution in [0, 0.1) is 0 Å². The van der Waals surface area contributed by atoms with Crippen LogP contribution in [0.1, 0.15) is 17.3 Å². The number of aliphatic hydroxyl groups is 1. The van der Waals surface area contributed by atoms with Gasteiger partial charge in [-0.1, -0.05) is 11.8 Å². The lowest BCUT2D eigenvalue weighted by Gasteiger charge is -2.11. The molecule has 0 bridgehead atoms. The Balaban J connectivity index is 1.67. The number of nitrogens with zero attached hydrogens (tertiary/aromatic N) is 2. The highest BCUT2D eigenvalue weighted by atomic mass is 32.2. The number of thiophene rings is 1. The summed E-state index contributed by atoms with van der Waals surface area (Å²) in [6.45, 7) is 1.93. The molecule has 0 radical (unpaired) electrons. The van der Waals surface area contributed by atoms with E-state index in [0.717, 1.165) is 11.8 Å². The molecule has 1 amide bonds. The third-order valence-corrected chi connectivity index (χ3v) is 5.73. The van der Waals surface area contributed by atoms with Crippen LogP contribution in [0.4, 0.5) is 5.69 Å². The van der Waals surface area contributed by atoms with Gasteiger partial charge in [-0.25, -0.2) is 9.78 Å². The van der Waals surface area contributed by atoms with E-state index in [1.54, 1.807) is 42.6 Å². The summed E-state index contributed by atoms with van der Waals surface area (Å²) in [5, 5.41) is 14.1. The zero-order valence-corrected chi connectivity index (χ0v) is 17.2. The minimum Gasteiger partial charge on any atom is -0.462 e. The number of nitrogens with one attached hydrogen (secondary N) is 1. The number of hydrogen-bond acceptors (Lipinski definition) is 8. The topological polar surface area (TPSA) is 111 Å². The number of esters is 1. The number of ether oxygens (including phenoxy) is 1. The second-order valence-electron chi connectivity index (χ2n) is 5.84. The smallest absolute Gasteiger partial charge is 0.338 e. The molecule has 0 fully saturated rings. The van der Waals surface area contributed by atoms with Gasteiger partial charge in [-0.15, -0.1) is 11.3 Å². The molecule has 0 saturated carbocycles. The van der Waals surface area contributed by atoms with Gasteiger partial charge in [0.25, 0.3) is 5.56 Å². The molecular formula is C19H19N3O5S2. The summed E-state index contributed by atoms with van der Waals surface area (Å²) in [7, 11) is 0. The maximum Gasteiger partial charge on any atom is 0.338 e. The molecule has 2 heterocycles. The van der Waals surface area contributed by atoms with E-state index in [1.165, 1.54) is 15.9 Å². The molecule has 0 aliphatic carbocycles. The highest BCUT2D eigenvalue weighted by molar-refractivity contribution is 7.99. The van der Waals surface area contributed by atoms with Gasteiger partial charge in [0.05, 0.1) is 36.6 Å². The van der Waals surface area contributed by atoms with Crippen LogP contribution in [0.2, 0.25) is 0 Å². The Morgan fingerprint density at radius 1 is 1.28 bits per heavy atom. The normalized spacial score (nSPS) is 10.8. The number of thioether (sulfide) groups is 1. The van der Waals surface area contributed by atoms with Crippen LogP contribution in [0.25, 0.3) is 10.2 Å². The molecule has 3 rings (SSSR count). The lowest BCUT2D eigenvalue weighted by atomic mass is 10.2. The van der Waals surface area contributed by atoms with Crippen molar-refractivity contribution in [3.05, 3.63) is 51.6 Å². The number of amides is 1. The Kier molecular flexibility index (Phi) is 7.02. The van der Waals surface area contributed by atoms with Crippen LogP contribution >= 0.6 is 23.1 Å². The SMILES string of the molecule is CCOC(=O)c1ccc(NC(=O)CSc2nc3ccsc3c(=O)n2CCO)cc1. The quantitative estimate of drug-likeness (QED) is 0.319. The van der Waals surface area contributed by atoms with E-state index in [4.69, 9.17) is 4.74 Å². The molecule has 29 heavy (non-hydrogen) atoms. The van der Waals surface area contributed by atoms with Crippen LogP contribution in [-0.2, 0) is 16.1 Å². The fourth-order valence-corrected chi connectivity index (χ4v) is 4.17. The van der Waals surface area contributed by atoms with E-state index in [1.807, 2.05) is 0 Å². The number of anilines is 1. The summed E-state index contributed by atoms with van der Waals surface area (Å²) in [5.41, 5.74) is 1.29. The molecule has 1 aromatic carbocycles. The number of benzene rings is 1. The van der Waals surface area contributed by atoms with Gasteiger partial charge >= 0.3 is 5.97 Å². The molecule has 0 saturated heterocycles. The number of fused-ring (bicyclic) bond motifs is 1. The molecule has 2 aromatic heterocycles. The maximum atomic E-state index is 12.5. The van der Waals surface area contributed by atoms with Crippen molar-refractivity contribution in [3.63, 3.8) is 0 Å². The van der Waals surface area contributed by atoms with Gasteiger partial charge in [0.15, 0.2) is 5.16 Å². The molecule has 0 unspecified atom stereocenters. The Morgan fingerprint density at radius 2 is 2.03 bits per heavy atom. The second kappa shape index (κ2) is 9.68. The van der Waals surface area contributed by atoms with Crippen molar-refractivity contribution in [2.24, 2.45) is 0 Å². The van der Waals surface area contributed by atoms with Gasteiger partial charge in [0, 0.05) is 5.69 Å². The van der Waals surface area contributed by atoms with Crippen LogP contribution in [0.15, 0.2) is 45.7 Å². The monoisotopic (exact) mass is 433 g/mol. The first-order valence-electron chi connectivity index (χ1n) is 8.82. The zero-order chi connectivity index (χ0) is 20.8. The molecule has 2 N–H and O–H groups in total. The first kappa shape index (κ1) is 21.0. The van der Waals surface area contributed by atoms with Gasteiger partial charge < -0.3 is 15.2 Å². The molecule has 0 aliphatic heterocycles. The third kappa shape index (κ3) is 5.03. The second-order valence-corrected chi connectivity index (χ2v) is 7.70. The average Bonchev–Trinajstić information content (AvgIpc) is 3.18. The van der Waals surface area contributed by atoms with Crippen LogP contribution < -0.4 is 10.9 Å². The summed E-state index contributed by atoms with van der Waals surface area (Å²) < 4.78 is 6.82. The van der Waals surface area contributed by atoms with Crippen molar-refractivity contribution in [2.45, 2.75) is 18.6 Å². The van der Waals surface area contributed by atoms with Crippen LogP contribution in [-0.4, -0.2) is 45.5 Å². The number of carbonyl (C=O) groups is 2. The maximum absolute atomic E-state index is 12.5. The van der Waals surface area contributed by atoms with E-state index < -0.39 is 5.97 Å². The predicted octanol–water partition coefficient (Wildman–Crippen LogP) is 2.36. The number of aromatic nitrogens is 2. The average molecular weight is 434 g/mol. The minimum absolute atomic E-state index is 0.0349. The lowest BCUT2D eigenvalue weighted by Crippen LogP contribution is -2.25. The summed E-state index contributed by atoms with van der Waals surface area (Å²) >= 11 is 2.42. The van der Waals surface area contributed by atoms with Gasteiger partial charge in [-0.2, -0.15) is 0 Å². The number of carbonyl (C=O) groups excluding carboxylic acids is 2. The largest absolute Gasteiger partial charge is 0.462 e. The molecule has 3 aromatic rings. The van der Waals surface area contributed by atoms with Crippen molar-refractivity contribution < 1.29 is 19.4 Å². The predicted molar refractivity (Wildman–Crippen MR) is 113 cm³/mol.